The Morgan fingerprint density at radius 2 is 1.97 bits per heavy atom. The first-order chi connectivity index (χ1) is 13.9. The van der Waals surface area contributed by atoms with E-state index in [1.165, 1.54) is 35.9 Å². The van der Waals surface area contributed by atoms with Gasteiger partial charge < -0.3 is 14.6 Å². The maximum absolute atomic E-state index is 12.0. The molecular formula is C24H30N2O3. The SMILES string of the molecule is Cc1cc(/C=C/C(=O)OCC(=O)N[C@@H](C)CCc2ccccc2)c(C)n1C1CC1. The van der Waals surface area contributed by atoms with Gasteiger partial charge in [0.1, 0.15) is 0 Å². The van der Waals surface area contributed by atoms with Crippen molar-refractivity contribution < 1.29 is 14.3 Å². The standard InChI is InChI=1S/C24H30N2O3/c1-17(9-10-20-7-5-4-6-8-20)25-23(27)16-29-24(28)14-11-21-15-18(2)26(19(21)3)22-12-13-22/h4-8,11,14-15,17,22H,9-10,12-13,16H2,1-3H3,(H,25,27)/b14-11+/t17-/m0/s1. The van der Waals surface area contributed by atoms with Gasteiger partial charge in [-0.3, -0.25) is 4.79 Å². The molecule has 0 saturated heterocycles. The van der Waals surface area contributed by atoms with E-state index in [0.717, 1.165) is 18.4 Å². The van der Waals surface area contributed by atoms with Gasteiger partial charge in [-0.15, -0.1) is 0 Å². The third-order valence-electron chi connectivity index (χ3n) is 5.30. The number of aromatic nitrogens is 1. The number of nitrogens with zero attached hydrogens (tertiary/aromatic N) is 1. The minimum absolute atomic E-state index is 0.0183. The number of amides is 1. The summed E-state index contributed by atoms with van der Waals surface area (Å²) in [5.41, 5.74) is 4.64. The van der Waals surface area contributed by atoms with Crippen molar-refractivity contribution in [2.24, 2.45) is 0 Å². The van der Waals surface area contributed by atoms with Crippen LogP contribution in [0.1, 0.15) is 54.7 Å². The third-order valence-corrected chi connectivity index (χ3v) is 5.30. The molecule has 1 aliphatic rings. The molecule has 5 heteroatoms. The molecule has 1 heterocycles. The number of esters is 1. The van der Waals surface area contributed by atoms with E-state index >= 15 is 0 Å². The Kier molecular flexibility index (Phi) is 6.91. The van der Waals surface area contributed by atoms with Gasteiger partial charge in [-0.2, -0.15) is 0 Å². The summed E-state index contributed by atoms with van der Waals surface area (Å²) in [5.74, 6) is -0.785. The number of benzene rings is 1. The van der Waals surface area contributed by atoms with E-state index in [-0.39, 0.29) is 18.6 Å². The molecule has 1 amide bonds. The van der Waals surface area contributed by atoms with Crippen LogP contribution < -0.4 is 5.32 Å². The molecule has 154 valence electrons. The summed E-state index contributed by atoms with van der Waals surface area (Å²) < 4.78 is 7.41. The van der Waals surface area contributed by atoms with Crippen molar-refractivity contribution >= 4 is 18.0 Å². The van der Waals surface area contributed by atoms with Gasteiger partial charge in [0.25, 0.3) is 5.91 Å². The normalized spacial score (nSPS) is 14.7. The van der Waals surface area contributed by atoms with Crippen molar-refractivity contribution in [3.63, 3.8) is 0 Å². The summed E-state index contributed by atoms with van der Waals surface area (Å²) in [7, 11) is 0. The van der Waals surface area contributed by atoms with Gasteiger partial charge in [0.05, 0.1) is 0 Å². The maximum atomic E-state index is 12.0. The molecule has 5 nitrogen and oxygen atoms in total. The number of hydrogen-bond donors (Lipinski definition) is 1. The fourth-order valence-corrected chi connectivity index (χ4v) is 3.63. The predicted molar refractivity (Wildman–Crippen MR) is 115 cm³/mol. The molecule has 1 saturated carbocycles. The first-order valence-electron chi connectivity index (χ1n) is 10.3. The molecule has 1 fully saturated rings. The second-order valence-corrected chi connectivity index (χ2v) is 7.86. The minimum Gasteiger partial charge on any atom is -0.452 e. The van der Waals surface area contributed by atoms with Crippen LogP contribution in [0, 0.1) is 13.8 Å². The Bertz CT molecular complexity index is 879. The first kappa shape index (κ1) is 20.9. The number of carbonyl (C=O) groups excluding carboxylic acids is 2. The largest absolute Gasteiger partial charge is 0.452 e. The zero-order valence-corrected chi connectivity index (χ0v) is 17.5. The highest BCUT2D eigenvalue weighted by Gasteiger charge is 2.26. The summed E-state index contributed by atoms with van der Waals surface area (Å²) in [6.07, 6.45) is 7.33. The van der Waals surface area contributed by atoms with Crippen LogP contribution in [-0.2, 0) is 20.7 Å². The minimum atomic E-state index is -0.506. The van der Waals surface area contributed by atoms with Gasteiger partial charge in [-0.1, -0.05) is 30.3 Å². The zero-order chi connectivity index (χ0) is 20.8. The van der Waals surface area contributed by atoms with Gasteiger partial charge in [-0.05, 0) is 69.7 Å². The molecule has 1 aromatic heterocycles. The maximum Gasteiger partial charge on any atom is 0.331 e. The average molecular weight is 395 g/mol. The lowest BCUT2D eigenvalue weighted by Gasteiger charge is -2.13. The fourth-order valence-electron chi connectivity index (χ4n) is 3.63. The number of aryl methyl sites for hydroxylation is 2. The number of ether oxygens (including phenoxy) is 1. The highest BCUT2D eigenvalue weighted by atomic mass is 16.5. The Hall–Kier alpha value is -2.82. The van der Waals surface area contributed by atoms with E-state index in [0.29, 0.717) is 6.04 Å². The third kappa shape index (κ3) is 6.08. The molecule has 0 aliphatic heterocycles. The monoisotopic (exact) mass is 394 g/mol. The van der Waals surface area contributed by atoms with Crippen LogP contribution in [0.2, 0.25) is 0 Å². The Balaban J connectivity index is 1.40. The van der Waals surface area contributed by atoms with Crippen molar-refractivity contribution in [1.82, 2.24) is 9.88 Å². The lowest BCUT2D eigenvalue weighted by molar-refractivity contribution is -0.144. The summed E-state index contributed by atoms with van der Waals surface area (Å²) in [6.45, 7) is 5.85. The smallest absolute Gasteiger partial charge is 0.331 e. The van der Waals surface area contributed by atoms with Crippen LogP contribution >= 0.6 is 0 Å². The molecule has 1 aromatic carbocycles. The second kappa shape index (κ2) is 9.59. The predicted octanol–water partition coefficient (Wildman–Crippen LogP) is 4.13. The van der Waals surface area contributed by atoms with Crippen LogP contribution in [0.4, 0.5) is 0 Å². The molecule has 1 aliphatic carbocycles. The quantitative estimate of drug-likeness (QED) is 0.514. The van der Waals surface area contributed by atoms with Crippen LogP contribution in [0.15, 0.2) is 42.5 Å². The highest BCUT2D eigenvalue weighted by Crippen LogP contribution is 2.38. The number of hydrogen-bond acceptors (Lipinski definition) is 3. The molecule has 0 bridgehead atoms. The second-order valence-electron chi connectivity index (χ2n) is 7.86. The number of carbonyl (C=O) groups is 2. The van der Waals surface area contributed by atoms with Gasteiger partial charge in [0, 0.05) is 29.5 Å². The Morgan fingerprint density at radius 3 is 2.66 bits per heavy atom. The van der Waals surface area contributed by atoms with Gasteiger partial charge in [-0.25, -0.2) is 4.79 Å². The fraction of sp³-hybridized carbons (Fsp3) is 0.417. The summed E-state index contributed by atoms with van der Waals surface area (Å²) in [6, 6.07) is 12.9. The van der Waals surface area contributed by atoms with Crippen molar-refractivity contribution in [1.29, 1.82) is 0 Å². The lowest BCUT2D eigenvalue weighted by atomic mass is 10.1. The molecule has 1 atom stereocenters. The molecule has 0 radical (unpaired) electrons. The first-order valence-corrected chi connectivity index (χ1v) is 10.3. The highest BCUT2D eigenvalue weighted by molar-refractivity contribution is 5.89. The summed E-state index contributed by atoms with van der Waals surface area (Å²) >= 11 is 0. The van der Waals surface area contributed by atoms with Gasteiger partial charge in [0.15, 0.2) is 6.61 Å². The zero-order valence-electron chi connectivity index (χ0n) is 17.5. The van der Waals surface area contributed by atoms with Crippen molar-refractivity contribution in [3.05, 3.63) is 65.0 Å². The van der Waals surface area contributed by atoms with E-state index in [1.54, 1.807) is 6.08 Å². The van der Waals surface area contributed by atoms with Crippen molar-refractivity contribution in [2.45, 2.75) is 58.5 Å². The molecule has 0 unspecified atom stereocenters. The van der Waals surface area contributed by atoms with Gasteiger partial charge >= 0.3 is 5.97 Å². The topological polar surface area (TPSA) is 60.3 Å². The molecule has 29 heavy (non-hydrogen) atoms. The Labute approximate surface area is 172 Å². The van der Waals surface area contributed by atoms with E-state index in [4.69, 9.17) is 4.74 Å². The lowest BCUT2D eigenvalue weighted by Crippen LogP contribution is -2.36. The van der Waals surface area contributed by atoms with E-state index < -0.39 is 5.97 Å². The van der Waals surface area contributed by atoms with Crippen molar-refractivity contribution in [2.75, 3.05) is 6.61 Å². The van der Waals surface area contributed by atoms with E-state index in [2.05, 4.69) is 41.9 Å². The van der Waals surface area contributed by atoms with Crippen LogP contribution in [-0.4, -0.2) is 29.1 Å². The van der Waals surface area contributed by atoms with Crippen LogP contribution in [0.25, 0.3) is 6.08 Å². The van der Waals surface area contributed by atoms with Crippen LogP contribution in [0.5, 0.6) is 0 Å². The Morgan fingerprint density at radius 1 is 1.24 bits per heavy atom. The summed E-state index contributed by atoms with van der Waals surface area (Å²) in [5, 5.41) is 2.88. The molecule has 3 rings (SSSR count). The van der Waals surface area contributed by atoms with E-state index in [9.17, 15) is 9.59 Å². The number of nitrogens with one attached hydrogen (secondary N) is 1. The molecular weight excluding hydrogens is 364 g/mol. The summed E-state index contributed by atoms with van der Waals surface area (Å²) in [4.78, 5) is 24.0. The van der Waals surface area contributed by atoms with Crippen LogP contribution in [0.3, 0.4) is 0 Å². The van der Waals surface area contributed by atoms with E-state index in [1.807, 2.05) is 25.1 Å². The molecule has 0 spiro atoms. The molecule has 2 aromatic rings. The molecule has 1 N–H and O–H groups in total. The van der Waals surface area contributed by atoms with Gasteiger partial charge in [0.2, 0.25) is 0 Å². The number of rotatable bonds is 9. The average Bonchev–Trinajstić information content (AvgIpc) is 3.49. The van der Waals surface area contributed by atoms with Crippen molar-refractivity contribution in [3.8, 4) is 0 Å².